The molecule has 0 saturated carbocycles. The Labute approximate surface area is 101 Å². The predicted molar refractivity (Wildman–Crippen MR) is 61.8 cm³/mol. The van der Waals surface area contributed by atoms with Crippen molar-refractivity contribution in [3.05, 3.63) is 57.8 Å². The third-order valence-corrected chi connectivity index (χ3v) is 2.84. The minimum Gasteiger partial charge on any atom is -0.348 e. The molecule has 1 N–H and O–H groups in total. The predicted octanol–water partition coefficient (Wildman–Crippen LogP) is 2.96. The molecule has 2 nitrogen and oxygen atoms in total. The monoisotopic (exact) mass is 253 g/mol. The molecule has 0 atom stereocenters. The van der Waals surface area contributed by atoms with Crippen molar-refractivity contribution in [1.82, 2.24) is 5.32 Å². The molecule has 5 heteroatoms. The molecule has 0 aliphatic rings. The SMILES string of the molecule is O=C(NCc1cc(F)cc(F)c1)c1ccsc1. The van der Waals surface area contributed by atoms with Crippen LogP contribution in [0, 0.1) is 11.6 Å². The molecular formula is C12H9F2NOS. The van der Waals surface area contributed by atoms with Crippen molar-refractivity contribution >= 4 is 17.2 Å². The third kappa shape index (κ3) is 3.10. The van der Waals surface area contributed by atoms with Gasteiger partial charge in [-0.15, -0.1) is 0 Å². The molecule has 1 aromatic heterocycles. The fraction of sp³-hybridized carbons (Fsp3) is 0.0833. The number of rotatable bonds is 3. The summed E-state index contributed by atoms with van der Waals surface area (Å²) in [6.07, 6.45) is 0. The summed E-state index contributed by atoms with van der Waals surface area (Å²) in [5.74, 6) is -1.55. The van der Waals surface area contributed by atoms with E-state index in [0.29, 0.717) is 11.1 Å². The number of nitrogens with one attached hydrogen (secondary N) is 1. The van der Waals surface area contributed by atoms with E-state index in [1.165, 1.54) is 23.5 Å². The molecule has 0 bridgehead atoms. The van der Waals surface area contributed by atoms with Crippen LogP contribution < -0.4 is 5.32 Å². The van der Waals surface area contributed by atoms with Crippen LogP contribution in [-0.4, -0.2) is 5.91 Å². The summed E-state index contributed by atoms with van der Waals surface area (Å²) in [5.41, 5.74) is 0.943. The Morgan fingerprint density at radius 2 is 1.94 bits per heavy atom. The van der Waals surface area contributed by atoms with Crippen molar-refractivity contribution in [2.45, 2.75) is 6.54 Å². The van der Waals surface area contributed by atoms with E-state index in [2.05, 4.69) is 5.32 Å². The zero-order valence-electron chi connectivity index (χ0n) is 8.74. The highest BCUT2D eigenvalue weighted by Gasteiger charge is 2.06. The van der Waals surface area contributed by atoms with Gasteiger partial charge in [-0.1, -0.05) is 0 Å². The highest BCUT2D eigenvalue weighted by Crippen LogP contribution is 2.09. The van der Waals surface area contributed by atoms with Crippen molar-refractivity contribution in [2.24, 2.45) is 0 Å². The number of thiophene rings is 1. The second kappa shape index (κ2) is 5.05. The molecule has 0 fully saturated rings. The van der Waals surface area contributed by atoms with Crippen LogP contribution in [0.15, 0.2) is 35.0 Å². The molecule has 0 aliphatic heterocycles. The molecule has 0 unspecified atom stereocenters. The molecule has 2 aromatic rings. The fourth-order valence-corrected chi connectivity index (χ4v) is 2.03. The topological polar surface area (TPSA) is 29.1 Å². The van der Waals surface area contributed by atoms with E-state index in [-0.39, 0.29) is 12.5 Å². The van der Waals surface area contributed by atoms with Crippen LogP contribution in [0.3, 0.4) is 0 Å². The number of hydrogen-bond acceptors (Lipinski definition) is 2. The first-order chi connectivity index (χ1) is 8.15. The van der Waals surface area contributed by atoms with E-state index in [0.717, 1.165) is 6.07 Å². The van der Waals surface area contributed by atoms with Gasteiger partial charge in [-0.25, -0.2) is 8.78 Å². The van der Waals surface area contributed by atoms with Crippen LogP contribution >= 0.6 is 11.3 Å². The van der Waals surface area contributed by atoms with Gasteiger partial charge < -0.3 is 5.32 Å². The first kappa shape index (κ1) is 11.7. The maximum atomic E-state index is 12.9. The van der Waals surface area contributed by atoms with E-state index < -0.39 is 11.6 Å². The van der Waals surface area contributed by atoms with Gasteiger partial charge in [-0.2, -0.15) is 11.3 Å². The summed E-state index contributed by atoms with van der Waals surface area (Å²) in [6, 6.07) is 4.87. The number of benzene rings is 1. The number of hydrogen-bond donors (Lipinski definition) is 1. The van der Waals surface area contributed by atoms with Gasteiger partial charge in [0.05, 0.1) is 0 Å². The summed E-state index contributed by atoms with van der Waals surface area (Å²) in [4.78, 5) is 11.6. The summed E-state index contributed by atoms with van der Waals surface area (Å²) in [5, 5.41) is 6.09. The van der Waals surface area contributed by atoms with Crippen LogP contribution in [0.2, 0.25) is 0 Å². The molecule has 1 aromatic carbocycles. The van der Waals surface area contributed by atoms with Crippen LogP contribution in [0.5, 0.6) is 0 Å². The fourth-order valence-electron chi connectivity index (χ4n) is 1.39. The van der Waals surface area contributed by atoms with E-state index in [4.69, 9.17) is 0 Å². The van der Waals surface area contributed by atoms with E-state index in [9.17, 15) is 13.6 Å². The zero-order chi connectivity index (χ0) is 12.3. The van der Waals surface area contributed by atoms with E-state index in [1.807, 2.05) is 0 Å². The average molecular weight is 253 g/mol. The van der Waals surface area contributed by atoms with Gasteiger partial charge in [0, 0.05) is 23.6 Å². The Morgan fingerprint density at radius 3 is 2.53 bits per heavy atom. The Bertz CT molecular complexity index is 505. The summed E-state index contributed by atoms with van der Waals surface area (Å²) < 4.78 is 25.7. The van der Waals surface area contributed by atoms with Crippen molar-refractivity contribution in [1.29, 1.82) is 0 Å². The van der Waals surface area contributed by atoms with Crippen molar-refractivity contribution in [3.63, 3.8) is 0 Å². The maximum absolute atomic E-state index is 12.9. The highest BCUT2D eigenvalue weighted by atomic mass is 32.1. The highest BCUT2D eigenvalue weighted by molar-refractivity contribution is 7.08. The Balaban J connectivity index is 2.00. The average Bonchev–Trinajstić information content (AvgIpc) is 2.78. The minimum atomic E-state index is -0.648. The lowest BCUT2D eigenvalue weighted by Crippen LogP contribution is -2.22. The minimum absolute atomic E-state index is 0.101. The second-order valence-electron chi connectivity index (χ2n) is 3.47. The lowest BCUT2D eigenvalue weighted by Gasteiger charge is -2.04. The van der Waals surface area contributed by atoms with Crippen LogP contribution in [0.1, 0.15) is 15.9 Å². The van der Waals surface area contributed by atoms with Crippen molar-refractivity contribution in [3.8, 4) is 0 Å². The standard InChI is InChI=1S/C12H9F2NOS/c13-10-3-8(4-11(14)5-10)6-15-12(16)9-1-2-17-7-9/h1-5,7H,6H2,(H,15,16). The quantitative estimate of drug-likeness (QED) is 0.895. The van der Waals surface area contributed by atoms with Crippen LogP contribution in [0.4, 0.5) is 8.78 Å². The number of carbonyl (C=O) groups is 1. The molecular weight excluding hydrogens is 244 g/mol. The second-order valence-corrected chi connectivity index (χ2v) is 4.25. The van der Waals surface area contributed by atoms with Gasteiger partial charge in [0.15, 0.2) is 0 Å². The van der Waals surface area contributed by atoms with Gasteiger partial charge in [0.25, 0.3) is 5.91 Å². The lowest BCUT2D eigenvalue weighted by molar-refractivity contribution is 0.0951. The van der Waals surface area contributed by atoms with Crippen LogP contribution in [-0.2, 0) is 6.54 Å². The molecule has 88 valence electrons. The zero-order valence-corrected chi connectivity index (χ0v) is 9.56. The molecule has 2 rings (SSSR count). The van der Waals surface area contributed by atoms with Gasteiger partial charge in [-0.3, -0.25) is 4.79 Å². The summed E-state index contributed by atoms with van der Waals surface area (Å²) >= 11 is 1.41. The largest absolute Gasteiger partial charge is 0.348 e. The maximum Gasteiger partial charge on any atom is 0.252 e. The van der Waals surface area contributed by atoms with Gasteiger partial charge in [0.1, 0.15) is 11.6 Å². The number of carbonyl (C=O) groups excluding carboxylic acids is 1. The number of halogens is 2. The Hall–Kier alpha value is -1.75. The summed E-state index contributed by atoms with van der Waals surface area (Å²) in [7, 11) is 0. The molecule has 0 aliphatic carbocycles. The Kier molecular flexibility index (Phi) is 3.49. The molecule has 0 spiro atoms. The molecule has 17 heavy (non-hydrogen) atoms. The third-order valence-electron chi connectivity index (χ3n) is 2.16. The number of amides is 1. The first-order valence-corrected chi connectivity index (χ1v) is 5.85. The van der Waals surface area contributed by atoms with Gasteiger partial charge in [0.2, 0.25) is 0 Å². The van der Waals surface area contributed by atoms with E-state index >= 15 is 0 Å². The molecule has 1 heterocycles. The molecule has 0 radical (unpaired) electrons. The summed E-state index contributed by atoms with van der Waals surface area (Å²) in [6.45, 7) is 0.101. The lowest BCUT2D eigenvalue weighted by atomic mass is 10.2. The van der Waals surface area contributed by atoms with E-state index in [1.54, 1.807) is 16.8 Å². The molecule has 1 amide bonds. The Morgan fingerprint density at radius 1 is 1.24 bits per heavy atom. The van der Waals surface area contributed by atoms with Gasteiger partial charge in [-0.05, 0) is 29.1 Å². The van der Waals surface area contributed by atoms with Gasteiger partial charge >= 0.3 is 0 Å². The first-order valence-electron chi connectivity index (χ1n) is 4.90. The van der Waals surface area contributed by atoms with Crippen molar-refractivity contribution < 1.29 is 13.6 Å². The smallest absolute Gasteiger partial charge is 0.252 e. The molecule has 0 saturated heterocycles. The van der Waals surface area contributed by atoms with Crippen LogP contribution in [0.25, 0.3) is 0 Å². The normalized spacial score (nSPS) is 10.2. The van der Waals surface area contributed by atoms with Crippen molar-refractivity contribution in [2.75, 3.05) is 0 Å².